The molecule has 3 rings (SSSR count). The van der Waals surface area contributed by atoms with E-state index >= 15 is 0 Å². The van der Waals surface area contributed by atoms with E-state index in [0.29, 0.717) is 32.0 Å². The molecule has 3 nitrogen and oxygen atoms in total. The number of benzene rings is 2. The maximum Gasteiger partial charge on any atom is 0.343 e. The van der Waals surface area contributed by atoms with E-state index in [1.165, 1.54) is 0 Å². The fourth-order valence-electron chi connectivity index (χ4n) is 2.24. The molecule has 0 unspecified atom stereocenters. The number of carbonyl (C=O) groups is 1. The predicted molar refractivity (Wildman–Crippen MR) is 96.5 cm³/mol. The van der Waals surface area contributed by atoms with Crippen molar-refractivity contribution < 1.29 is 14.3 Å². The first-order valence-electron chi connectivity index (χ1n) is 6.92. The monoisotopic (exact) mass is 380 g/mol. The minimum atomic E-state index is -0.465. The van der Waals surface area contributed by atoms with Crippen LogP contribution in [0.4, 0.5) is 0 Å². The highest BCUT2D eigenvalue weighted by molar-refractivity contribution is 6.44. The summed E-state index contributed by atoms with van der Waals surface area (Å²) in [5.41, 5.74) is 1.68. The molecular weight excluding hydrogens is 371 g/mol. The van der Waals surface area contributed by atoms with Crippen LogP contribution in [-0.2, 0) is 9.53 Å². The van der Waals surface area contributed by atoms with Crippen LogP contribution in [0, 0.1) is 0 Å². The van der Waals surface area contributed by atoms with Crippen molar-refractivity contribution >= 4 is 52.6 Å². The fraction of sp³-hybridized carbons (Fsp3) is 0.0556. The topological polar surface area (TPSA) is 35.5 Å². The highest BCUT2D eigenvalue weighted by Crippen LogP contribution is 2.33. The molecular formula is C18H11Cl3O3. The number of hydrogen-bond acceptors (Lipinski definition) is 3. The Morgan fingerprint density at radius 2 is 1.79 bits per heavy atom. The third kappa shape index (κ3) is 3.44. The van der Waals surface area contributed by atoms with Gasteiger partial charge < -0.3 is 9.47 Å². The molecule has 1 aliphatic heterocycles. The van der Waals surface area contributed by atoms with Crippen LogP contribution < -0.4 is 4.74 Å². The number of hydrogen-bond donors (Lipinski definition) is 0. The molecule has 0 spiro atoms. The Balaban J connectivity index is 1.97. The van der Waals surface area contributed by atoms with Gasteiger partial charge in [-0.25, -0.2) is 4.79 Å². The Labute approximate surface area is 154 Å². The Hall–Kier alpha value is -1.94. The van der Waals surface area contributed by atoms with E-state index in [-0.39, 0.29) is 0 Å². The molecule has 0 saturated heterocycles. The van der Waals surface area contributed by atoms with E-state index in [2.05, 4.69) is 0 Å². The van der Waals surface area contributed by atoms with Crippen LogP contribution in [0.5, 0.6) is 5.75 Å². The zero-order chi connectivity index (χ0) is 17.3. The van der Waals surface area contributed by atoms with Gasteiger partial charge in [0.05, 0.1) is 22.7 Å². The molecule has 1 heterocycles. The lowest BCUT2D eigenvalue weighted by molar-refractivity contribution is -0.130. The Morgan fingerprint density at radius 1 is 1.08 bits per heavy atom. The van der Waals surface area contributed by atoms with Crippen molar-refractivity contribution in [2.24, 2.45) is 0 Å². The summed E-state index contributed by atoms with van der Waals surface area (Å²) in [4.78, 5) is 12.1. The van der Waals surface area contributed by atoms with Gasteiger partial charge in [-0.1, -0.05) is 34.8 Å². The fourth-order valence-corrected chi connectivity index (χ4v) is 2.91. The van der Waals surface area contributed by atoms with Gasteiger partial charge in [-0.05, 0) is 54.1 Å². The summed E-state index contributed by atoms with van der Waals surface area (Å²) in [6.07, 6.45) is 3.24. The van der Waals surface area contributed by atoms with Gasteiger partial charge in [0, 0.05) is 10.6 Å². The van der Waals surface area contributed by atoms with Crippen molar-refractivity contribution in [3.05, 3.63) is 74.2 Å². The second-order valence-corrected chi connectivity index (χ2v) is 6.24. The molecule has 0 atom stereocenters. The zero-order valence-corrected chi connectivity index (χ0v) is 14.7. The molecule has 0 radical (unpaired) electrons. The highest BCUT2D eigenvalue weighted by atomic mass is 35.5. The van der Waals surface area contributed by atoms with Crippen molar-refractivity contribution in [3.8, 4) is 5.75 Å². The number of halogens is 3. The second-order valence-electron chi connectivity index (χ2n) is 5.02. The highest BCUT2D eigenvalue weighted by Gasteiger charge is 2.22. The second kappa shape index (κ2) is 6.89. The number of ether oxygens (including phenoxy) is 2. The van der Waals surface area contributed by atoms with E-state index in [1.54, 1.807) is 43.5 Å². The standard InChI is InChI=1S/C18H11Cl3O3/c1-23-14-4-2-10(3-5-14)16-8-12(18(22)24-16)6-11-7-13(19)9-15(20)17(11)21/h2-9H,1H3/b12-6-. The van der Waals surface area contributed by atoms with Crippen LogP contribution in [0.1, 0.15) is 11.1 Å². The van der Waals surface area contributed by atoms with Crippen molar-refractivity contribution in [3.63, 3.8) is 0 Å². The van der Waals surface area contributed by atoms with Gasteiger partial charge in [-0.2, -0.15) is 0 Å². The van der Waals surface area contributed by atoms with E-state index < -0.39 is 5.97 Å². The van der Waals surface area contributed by atoms with Gasteiger partial charge in [0.2, 0.25) is 0 Å². The molecule has 24 heavy (non-hydrogen) atoms. The summed E-state index contributed by atoms with van der Waals surface area (Å²) in [5.74, 6) is 0.714. The van der Waals surface area contributed by atoms with Crippen molar-refractivity contribution in [1.29, 1.82) is 0 Å². The number of rotatable bonds is 3. The van der Waals surface area contributed by atoms with Crippen molar-refractivity contribution in [2.75, 3.05) is 7.11 Å². The third-order valence-corrected chi connectivity index (χ3v) is 4.47. The average Bonchev–Trinajstić information content (AvgIpc) is 2.93. The average molecular weight is 382 g/mol. The first kappa shape index (κ1) is 16.9. The van der Waals surface area contributed by atoms with Crippen LogP contribution >= 0.6 is 34.8 Å². The van der Waals surface area contributed by atoms with Gasteiger partial charge in [-0.3, -0.25) is 0 Å². The summed E-state index contributed by atoms with van der Waals surface area (Å²) >= 11 is 18.1. The number of methoxy groups -OCH3 is 1. The Morgan fingerprint density at radius 3 is 2.46 bits per heavy atom. The first-order chi connectivity index (χ1) is 11.5. The summed E-state index contributed by atoms with van der Waals surface area (Å²) < 4.78 is 10.4. The first-order valence-corrected chi connectivity index (χ1v) is 8.06. The third-order valence-electron chi connectivity index (χ3n) is 3.43. The van der Waals surface area contributed by atoms with Crippen LogP contribution in [0.15, 0.2) is 48.0 Å². The molecule has 0 aromatic heterocycles. The molecule has 2 aromatic rings. The molecule has 0 amide bonds. The molecule has 1 aliphatic rings. The van der Waals surface area contributed by atoms with Crippen LogP contribution in [0.25, 0.3) is 11.8 Å². The molecule has 0 bridgehead atoms. The maximum absolute atomic E-state index is 12.1. The molecule has 6 heteroatoms. The SMILES string of the molecule is COc1ccc(C2=C/C(=C/c3cc(Cl)cc(Cl)c3Cl)C(=O)O2)cc1. The minimum absolute atomic E-state index is 0.321. The van der Waals surface area contributed by atoms with E-state index in [1.807, 2.05) is 12.1 Å². The lowest BCUT2D eigenvalue weighted by Gasteiger charge is -2.03. The number of carbonyl (C=O) groups excluding carboxylic acids is 1. The zero-order valence-electron chi connectivity index (χ0n) is 12.5. The number of esters is 1. The largest absolute Gasteiger partial charge is 0.497 e. The molecule has 0 aliphatic carbocycles. The van der Waals surface area contributed by atoms with Crippen molar-refractivity contribution in [1.82, 2.24) is 0 Å². The van der Waals surface area contributed by atoms with Gasteiger partial charge in [0.15, 0.2) is 0 Å². The lowest BCUT2D eigenvalue weighted by Crippen LogP contribution is -1.97. The molecule has 122 valence electrons. The molecule has 0 fully saturated rings. The Bertz CT molecular complexity index is 868. The summed E-state index contributed by atoms with van der Waals surface area (Å²) in [6.45, 7) is 0. The van der Waals surface area contributed by atoms with Crippen LogP contribution in [0.2, 0.25) is 15.1 Å². The van der Waals surface area contributed by atoms with E-state index in [0.717, 1.165) is 11.3 Å². The molecule has 2 aromatic carbocycles. The van der Waals surface area contributed by atoms with E-state index in [9.17, 15) is 4.79 Å². The van der Waals surface area contributed by atoms with E-state index in [4.69, 9.17) is 44.3 Å². The summed E-state index contributed by atoms with van der Waals surface area (Å²) in [6, 6.07) is 10.4. The van der Waals surface area contributed by atoms with Gasteiger partial charge in [0.1, 0.15) is 11.5 Å². The molecule has 0 saturated carbocycles. The number of cyclic esters (lactones) is 1. The predicted octanol–water partition coefficient (Wildman–Crippen LogP) is 5.64. The quantitative estimate of drug-likeness (QED) is 0.392. The van der Waals surface area contributed by atoms with Crippen molar-refractivity contribution in [2.45, 2.75) is 0 Å². The minimum Gasteiger partial charge on any atom is -0.497 e. The Kier molecular flexibility index (Phi) is 4.86. The smallest absolute Gasteiger partial charge is 0.343 e. The normalized spacial score (nSPS) is 15.4. The molecule has 0 N–H and O–H groups in total. The van der Waals surface area contributed by atoms with Crippen LogP contribution in [-0.4, -0.2) is 13.1 Å². The summed E-state index contributed by atoms with van der Waals surface area (Å²) in [5, 5.41) is 1.08. The lowest BCUT2D eigenvalue weighted by atomic mass is 10.1. The van der Waals surface area contributed by atoms with Gasteiger partial charge >= 0.3 is 5.97 Å². The van der Waals surface area contributed by atoms with Gasteiger partial charge in [-0.15, -0.1) is 0 Å². The van der Waals surface area contributed by atoms with Crippen LogP contribution in [0.3, 0.4) is 0 Å². The maximum atomic E-state index is 12.1. The van der Waals surface area contributed by atoms with Gasteiger partial charge in [0.25, 0.3) is 0 Å². The summed E-state index contributed by atoms with van der Waals surface area (Å²) in [7, 11) is 1.59.